The van der Waals surface area contributed by atoms with Crippen molar-refractivity contribution in [2.24, 2.45) is 5.10 Å². The Morgan fingerprint density at radius 3 is 2.70 bits per heavy atom. The Morgan fingerprint density at radius 1 is 1.13 bits per heavy atom. The molecule has 0 atom stereocenters. The highest BCUT2D eigenvalue weighted by Crippen LogP contribution is 2.22. The van der Waals surface area contributed by atoms with E-state index in [-0.39, 0.29) is 0 Å². The van der Waals surface area contributed by atoms with Crippen LogP contribution in [0.1, 0.15) is 18.2 Å². The van der Waals surface area contributed by atoms with Crippen LogP contribution < -0.4 is 10.2 Å². The molecule has 1 N–H and O–H groups in total. The van der Waals surface area contributed by atoms with Gasteiger partial charge in [-0.15, -0.1) is 0 Å². The maximum atomic E-state index is 5.43. The van der Waals surface area contributed by atoms with Crippen molar-refractivity contribution >= 4 is 22.8 Å². The molecule has 3 rings (SSSR count). The number of hydrogen-bond acceptors (Lipinski definition) is 4. The van der Waals surface area contributed by atoms with Gasteiger partial charge in [-0.2, -0.15) is 5.10 Å². The standard InChI is InChI=1S/C19H19N3O/c1-3-23-16-10-8-15(9-11-16)13-20-22-19-12-14(2)21-18-7-5-4-6-17(18)19/h4-13H,3H2,1-2H3,(H,21,22)/b20-13+. The Morgan fingerprint density at radius 2 is 1.91 bits per heavy atom. The van der Waals surface area contributed by atoms with Crippen LogP contribution in [0.25, 0.3) is 10.9 Å². The van der Waals surface area contributed by atoms with E-state index >= 15 is 0 Å². The first-order valence-corrected chi connectivity index (χ1v) is 7.64. The van der Waals surface area contributed by atoms with E-state index in [0.717, 1.165) is 33.6 Å². The Labute approximate surface area is 135 Å². The number of hydrogen-bond donors (Lipinski definition) is 1. The molecule has 0 spiro atoms. The molecule has 0 aliphatic rings. The number of para-hydroxylation sites is 1. The number of nitrogens with one attached hydrogen (secondary N) is 1. The predicted molar refractivity (Wildman–Crippen MR) is 95.3 cm³/mol. The summed E-state index contributed by atoms with van der Waals surface area (Å²) in [6, 6.07) is 17.9. The zero-order chi connectivity index (χ0) is 16.1. The number of benzene rings is 2. The molecule has 23 heavy (non-hydrogen) atoms. The van der Waals surface area contributed by atoms with Gasteiger partial charge in [0.05, 0.1) is 24.0 Å². The van der Waals surface area contributed by atoms with Crippen molar-refractivity contribution in [3.05, 3.63) is 65.9 Å². The summed E-state index contributed by atoms with van der Waals surface area (Å²) in [5.41, 5.74) is 7.00. The SMILES string of the molecule is CCOc1ccc(/C=N/Nc2cc(C)nc3ccccc23)cc1. The van der Waals surface area contributed by atoms with Crippen molar-refractivity contribution in [1.82, 2.24) is 4.98 Å². The molecule has 0 saturated heterocycles. The number of fused-ring (bicyclic) bond motifs is 1. The third-order valence-corrected chi connectivity index (χ3v) is 3.43. The minimum Gasteiger partial charge on any atom is -0.494 e. The largest absolute Gasteiger partial charge is 0.494 e. The summed E-state index contributed by atoms with van der Waals surface area (Å²) < 4.78 is 5.43. The predicted octanol–water partition coefficient (Wildman–Crippen LogP) is 4.39. The van der Waals surface area contributed by atoms with Gasteiger partial charge in [0.25, 0.3) is 0 Å². The molecule has 0 amide bonds. The van der Waals surface area contributed by atoms with Crippen molar-refractivity contribution in [1.29, 1.82) is 0 Å². The van der Waals surface area contributed by atoms with Gasteiger partial charge < -0.3 is 4.74 Å². The number of hydrazone groups is 1. The number of anilines is 1. The lowest BCUT2D eigenvalue weighted by molar-refractivity contribution is 0.340. The van der Waals surface area contributed by atoms with Gasteiger partial charge in [-0.25, -0.2) is 0 Å². The summed E-state index contributed by atoms with van der Waals surface area (Å²) in [7, 11) is 0. The van der Waals surface area contributed by atoms with E-state index in [4.69, 9.17) is 4.74 Å². The zero-order valence-corrected chi connectivity index (χ0v) is 13.3. The Bertz CT molecular complexity index is 826. The van der Waals surface area contributed by atoms with Crippen LogP contribution in [0.15, 0.2) is 59.7 Å². The van der Waals surface area contributed by atoms with Gasteiger partial charge in [-0.3, -0.25) is 10.4 Å². The number of pyridine rings is 1. The zero-order valence-electron chi connectivity index (χ0n) is 13.3. The lowest BCUT2D eigenvalue weighted by atomic mass is 10.1. The molecule has 116 valence electrons. The highest BCUT2D eigenvalue weighted by atomic mass is 16.5. The maximum Gasteiger partial charge on any atom is 0.119 e. The second-order valence-electron chi connectivity index (χ2n) is 5.20. The summed E-state index contributed by atoms with van der Waals surface area (Å²) in [6.45, 7) is 4.62. The molecule has 0 bridgehead atoms. The quantitative estimate of drug-likeness (QED) is 0.562. The summed E-state index contributed by atoms with van der Waals surface area (Å²) in [5, 5.41) is 5.39. The molecule has 1 aromatic heterocycles. The lowest BCUT2D eigenvalue weighted by Gasteiger charge is -2.07. The number of rotatable bonds is 5. The molecular weight excluding hydrogens is 286 g/mol. The van der Waals surface area contributed by atoms with E-state index in [9.17, 15) is 0 Å². The van der Waals surface area contributed by atoms with Crippen LogP contribution in [0.4, 0.5) is 5.69 Å². The first-order valence-electron chi connectivity index (χ1n) is 7.64. The average molecular weight is 305 g/mol. The Kier molecular flexibility index (Phi) is 4.52. The minimum atomic E-state index is 0.670. The summed E-state index contributed by atoms with van der Waals surface area (Å²) in [4.78, 5) is 4.52. The van der Waals surface area contributed by atoms with Gasteiger partial charge in [0.15, 0.2) is 0 Å². The second kappa shape index (κ2) is 6.92. The van der Waals surface area contributed by atoms with Crippen LogP contribution in [0.2, 0.25) is 0 Å². The van der Waals surface area contributed by atoms with Crippen molar-refractivity contribution in [2.45, 2.75) is 13.8 Å². The van der Waals surface area contributed by atoms with Crippen LogP contribution in [0.5, 0.6) is 5.75 Å². The third-order valence-electron chi connectivity index (χ3n) is 3.43. The van der Waals surface area contributed by atoms with Crippen LogP contribution in [0, 0.1) is 6.92 Å². The van der Waals surface area contributed by atoms with Crippen LogP contribution in [-0.2, 0) is 0 Å². The van der Waals surface area contributed by atoms with Gasteiger partial charge in [0.2, 0.25) is 0 Å². The minimum absolute atomic E-state index is 0.670. The normalized spacial score (nSPS) is 11.0. The molecule has 4 nitrogen and oxygen atoms in total. The lowest BCUT2D eigenvalue weighted by Crippen LogP contribution is -1.95. The summed E-state index contributed by atoms with van der Waals surface area (Å²) in [6.07, 6.45) is 1.79. The average Bonchev–Trinajstić information content (AvgIpc) is 2.56. The number of nitrogens with zero attached hydrogens (tertiary/aromatic N) is 2. The Hall–Kier alpha value is -2.88. The molecule has 3 aromatic rings. The van der Waals surface area contributed by atoms with E-state index in [1.165, 1.54) is 0 Å². The van der Waals surface area contributed by atoms with Crippen molar-refractivity contribution in [3.63, 3.8) is 0 Å². The fraction of sp³-hybridized carbons (Fsp3) is 0.158. The van der Waals surface area contributed by atoms with Gasteiger partial charge in [0, 0.05) is 11.1 Å². The van der Waals surface area contributed by atoms with Crippen molar-refractivity contribution in [3.8, 4) is 5.75 Å². The topological polar surface area (TPSA) is 46.5 Å². The molecule has 0 aliphatic heterocycles. The van der Waals surface area contributed by atoms with Crippen molar-refractivity contribution in [2.75, 3.05) is 12.0 Å². The van der Waals surface area contributed by atoms with Gasteiger partial charge in [-0.1, -0.05) is 18.2 Å². The van der Waals surface area contributed by atoms with Crippen LogP contribution in [0.3, 0.4) is 0 Å². The van der Waals surface area contributed by atoms with Crippen LogP contribution >= 0.6 is 0 Å². The number of aryl methyl sites for hydroxylation is 1. The smallest absolute Gasteiger partial charge is 0.119 e. The first kappa shape index (κ1) is 15.0. The molecule has 1 heterocycles. The molecule has 0 aliphatic carbocycles. The monoisotopic (exact) mass is 305 g/mol. The highest BCUT2D eigenvalue weighted by molar-refractivity contribution is 5.92. The van der Waals surface area contributed by atoms with Crippen LogP contribution in [-0.4, -0.2) is 17.8 Å². The summed E-state index contributed by atoms with van der Waals surface area (Å²) in [5.74, 6) is 0.869. The van der Waals surface area contributed by atoms with Gasteiger partial charge >= 0.3 is 0 Å². The molecular formula is C19H19N3O. The van der Waals surface area contributed by atoms with Gasteiger partial charge in [-0.05, 0) is 55.8 Å². The van der Waals surface area contributed by atoms with E-state index in [0.29, 0.717) is 6.61 Å². The number of aromatic nitrogens is 1. The first-order chi connectivity index (χ1) is 11.3. The van der Waals surface area contributed by atoms with Crippen molar-refractivity contribution < 1.29 is 4.74 Å². The molecule has 0 fully saturated rings. The van der Waals surface area contributed by atoms with Gasteiger partial charge in [0.1, 0.15) is 5.75 Å². The molecule has 0 radical (unpaired) electrons. The second-order valence-corrected chi connectivity index (χ2v) is 5.20. The van der Waals surface area contributed by atoms with E-state index in [1.807, 2.05) is 68.4 Å². The number of ether oxygens (including phenoxy) is 1. The molecule has 2 aromatic carbocycles. The Balaban J connectivity index is 1.77. The molecule has 0 unspecified atom stereocenters. The molecule has 4 heteroatoms. The fourth-order valence-corrected chi connectivity index (χ4v) is 2.39. The molecule has 0 saturated carbocycles. The summed E-state index contributed by atoms with van der Waals surface area (Å²) >= 11 is 0. The van der Waals surface area contributed by atoms with E-state index in [2.05, 4.69) is 15.5 Å². The third kappa shape index (κ3) is 3.66. The highest BCUT2D eigenvalue weighted by Gasteiger charge is 2.02. The van der Waals surface area contributed by atoms with E-state index < -0.39 is 0 Å². The van der Waals surface area contributed by atoms with E-state index in [1.54, 1.807) is 6.21 Å². The fourth-order valence-electron chi connectivity index (χ4n) is 2.39. The maximum absolute atomic E-state index is 5.43.